The van der Waals surface area contributed by atoms with Gasteiger partial charge in [-0.25, -0.2) is 9.97 Å². The Morgan fingerprint density at radius 1 is 0.355 bits per heavy atom. The minimum absolute atomic E-state index is 0.581. The summed E-state index contributed by atoms with van der Waals surface area (Å²) in [5, 5.41) is 0. The first kappa shape index (κ1) is 39.5. The van der Waals surface area contributed by atoms with E-state index in [4.69, 9.17) is 18.8 Å². The third kappa shape index (κ3) is 8.67. The van der Waals surface area contributed by atoms with Gasteiger partial charge in [0.2, 0.25) is 11.8 Å². The molecular formula is C56H46N4O2. The summed E-state index contributed by atoms with van der Waals surface area (Å²) in [5.41, 5.74) is 14.0. The molecule has 0 saturated carbocycles. The van der Waals surface area contributed by atoms with Gasteiger partial charge in [0.05, 0.1) is 0 Å². The van der Waals surface area contributed by atoms with Gasteiger partial charge < -0.3 is 18.6 Å². The molecule has 0 fully saturated rings. The van der Waals surface area contributed by atoms with Crippen molar-refractivity contribution in [1.82, 2.24) is 9.97 Å². The van der Waals surface area contributed by atoms with Gasteiger partial charge in [-0.2, -0.15) is 0 Å². The van der Waals surface area contributed by atoms with Crippen molar-refractivity contribution in [1.29, 1.82) is 0 Å². The largest absolute Gasteiger partial charge is 0.435 e. The number of oxazole rings is 2. The summed E-state index contributed by atoms with van der Waals surface area (Å²) in [4.78, 5) is 14.3. The van der Waals surface area contributed by atoms with Crippen LogP contribution in [0.1, 0.15) is 22.3 Å². The van der Waals surface area contributed by atoms with Crippen LogP contribution in [0.5, 0.6) is 0 Å². The summed E-state index contributed by atoms with van der Waals surface area (Å²) in [7, 11) is 8.16. The van der Waals surface area contributed by atoms with Crippen LogP contribution in [0.4, 0.5) is 11.4 Å². The average Bonchev–Trinajstić information content (AvgIpc) is 3.98. The van der Waals surface area contributed by atoms with Crippen LogP contribution >= 0.6 is 0 Å². The van der Waals surface area contributed by atoms with Gasteiger partial charge in [-0.15, -0.1) is 0 Å². The zero-order chi connectivity index (χ0) is 42.4. The lowest BCUT2D eigenvalue weighted by atomic mass is 10.0. The number of hydrogen-bond donors (Lipinski definition) is 0. The Kier molecular flexibility index (Phi) is 11.3. The smallest absolute Gasteiger partial charge is 0.227 e. The highest BCUT2D eigenvalue weighted by Gasteiger charge is 2.20. The maximum absolute atomic E-state index is 6.60. The fraction of sp³-hybridized carbons (Fsp3) is 0.0714. The molecule has 0 atom stereocenters. The molecule has 0 unspecified atom stereocenters. The van der Waals surface area contributed by atoms with Crippen LogP contribution in [0.15, 0.2) is 191 Å². The van der Waals surface area contributed by atoms with Gasteiger partial charge in [0.15, 0.2) is 11.5 Å². The van der Waals surface area contributed by atoms with Crippen molar-refractivity contribution in [2.24, 2.45) is 0 Å². The molecule has 9 aromatic rings. The van der Waals surface area contributed by atoms with Gasteiger partial charge in [-0.05, 0) is 64.7 Å². The molecule has 0 bridgehead atoms. The van der Waals surface area contributed by atoms with Crippen molar-refractivity contribution in [3.8, 4) is 68.1 Å². The monoisotopic (exact) mass is 806 g/mol. The van der Waals surface area contributed by atoms with Crippen molar-refractivity contribution in [2.75, 3.05) is 38.0 Å². The molecule has 2 aromatic heterocycles. The van der Waals surface area contributed by atoms with Crippen LogP contribution in [-0.2, 0) is 0 Å². The number of rotatable bonds is 12. The van der Waals surface area contributed by atoms with Gasteiger partial charge in [-0.3, -0.25) is 0 Å². The van der Waals surface area contributed by atoms with Crippen molar-refractivity contribution in [2.45, 2.75) is 0 Å². The Bertz CT molecular complexity index is 2960. The molecule has 0 aliphatic heterocycles. The predicted octanol–water partition coefficient (Wildman–Crippen LogP) is 14.1. The molecule has 302 valence electrons. The highest BCUT2D eigenvalue weighted by atomic mass is 16.4. The highest BCUT2D eigenvalue weighted by molar-refractivity contribution is 5.84. The number of benzene rings is 7. The second-order valence-electron chi connectivity index (χ2n) is 15.6. The van der Waals surface area contributed by atoms with E-state index in [-0.39, 0.29) is 0 Å². The summed E-state index contributed by atoms with van der Waals surface area (Å²) in [6.07, 6.45) is 8.51. The summed E-state index contributed by atoms with van der Waals surface area (Å²) < 4.78 is 13.1. The van der Waals surface area contributed by atoms with E-state index in [9.17, 15) is 0 Å². The lowest BCUT2D eigenvalue weighted by molar-refractivity contribution is 0.588. The Morgan fingerprint density at radius 3 is 1.23 bits per heavy atom. The molecule has 9 rings (SSSR count). The second kappa shape index (κ2) is 17.7. The van der Waals surface area contributed by atoms with Gasteiger partial charge in [0.25, 0.3) is 0 Å². The van der Waals surface area contributed by atoms with Crippen LogP contribution in [0.3, 0.4) is 0 Å². The number of hydrogen-bond acceptors (Lipinski definition) is 6. The fourth-order valence-electron chi connectivity index (χ4n) is 7.35. The van der Waals surface area contributed by atoms with E-state index in [1.807, 2.05) is 76.7 Å². The van der Waals surface area contributed by atoms with Gasteiger partial charge in [0, 0.05) is 72.9 Å². The third-order valence-corrected chi connectivity index (χ3v) is 10.8. The SMILES string of the molecule is CN(C)c1ccc(-c2nc(-c3ccc(C=Cc4ccc(/C=C/c5ccccc5-c5nc(-c6ccc(N(C)C)cc6)c(-c6ccccc6)o5)cc4)cc3)oc2-c2ccccc2)cc1. The van der Waals surface area contributed by atoms with E-state index >= 15 is 0 Å². The first-order valence-corrected chi connectivity index (χ1v) is 20.7. The third-order valence-electron chi connectivity index (χ3n) is 10.8. The summed E-state index contributed by atoms with van der Waals surface area (Å²) in [5.74, 6) is 2.68. The average molecular weight is 807 g/mol. The van der Waals surface area contributed by atoms with E-state index in [1.165, 1.54) is 0 Å². The van der Waals surface area contributed by atoms with E-state index in [2.05, 4.69) is 168 Å². The second-order valence-corrected chi connectivity index (χ2v) is 15.6. The van der Waals surface area contributed by atoms with Crippen LogP contribution in [0, 0.1) is 0 Å². The normalized spacial score (nSPS) is 11.4. The molecule has 0 amide bonds. The molecule has 0 N–H and O–H groups in total. The molecule has 0 spiro atoms. The van der Waals surface area contributed by atoms with Crippen LogP contribution in [-0.4, -0.2) is 38.2 Å². The van der Waals surface area contributed by atoms with Gasteiger partial charge in [0.1, 0.15) is 11.4 Å². The maximum Gasteiger partial charge on any atom is 0.227 e. The minimum Gasteiger partial charge on any atom is -0.435 e. The van der Waals surface area contributed by atoms with Gasteiger partial charge >= 0.3 is 0 Å². The Labute approximate surface area is 363 Å². The summed E-state index contributed by atoms with van der Waals surface area (Å²) >= 11 is 0. The first-order chi connectivity index (χ1) is 30.4. The van der Waals surface area contributed by atoms with Crippen molar-refractivity contribution in [3.05, 3.63) is 204 Å². The van der Waals surface area contributed by atoms with E-state index < -0.39 is 0 Å². The quantitative estimate of drug-likeness (QED) is 0.115. The maximum atomic E-state index is 6.60. The predicted molar refractivity (Wildman–Crippen MR) is 259 cm³/mol. The molecule has 6 nitrogen and oxygen atoms in total. The molecule has 0 saturated heterocycles. The molecule has 7 aromatic carbocycles. The van der Waals surface area contributed by atoms with Crippen molar-refractivity contribution in [3.63, 3.8) is 0 Å². The number of nitrogens with zero attached hydrogens (tertiary/aromatic N) is 4. The zero-order valence-electron chi connectivity index (χ0n) is 35.2. The first-order valence-electron chi connectivity index (χ1n) is 20.7. The Balaban J connectivity index is 0.912. The van der Waals surface area contributed by atoms with Crippen molar-refractivity contribution >= 4 is 35.7 Å². The molecule has 0 aliphatic rings. The summed E-state index contributed by atoms with van der Waals surface area (Å²) in [6, 6.07) is 62.3. The molecule has 2 heterocycles. The molecular weight excluding hydrogens is 761 g/mol. The minimum atomic E-state index is 0.581. The van der Waals surface area contributed by atoms with E-state index in [0.717, 1.165) is 89.9 Å². The topological polar surface area (TPSA) is 58.5 Å². The van der Waals surface area contributed by atoms with Crippen LogP contribution < -0.4 is 9.80 Å². The Hall–Kier alpha value is -7.96. The summed E-state index contributed by atoms with van der Waals surface area (Å²) in [6.45, 7) is 0. The fourth-order valence-corrected chi connectivity index (χ4v) is 7.35. The Morgan fingerprint density at radius 2 is 0.742 bits per heavy atom. The zero-order valence-corrected chi connectivity index (χ0v) is 35.2. The number of anilines is 2. The molecule has 62 heavy (non-hydrogen) atoms. The van der Waals surface area contributed by atoms with E-state index in [0.29, 0.717) is 11.8 Å². The molecule has 0 radical (unpaired) electrons. The lowest BCUT2D eigenvalue weighted by Gasteiger charge is -2.12. The van der Waals surface area contributed by atoms with E-state index in [1.54, 1.807) is 0 Å². The van der Waals surface area contributed by atoms with Crippen LogP contribution in [0.2, 0.25) is 0 Å². The van der Waals surface area contributed by atoms with Crippen LogP contribution in [0.25, 0.3) is 92.4 Å². The number of aromatic nitrogens is 2. The standard InChI is InChI=1S/C56H46N4O2/c1-59(2)48-35-31-43(32-36-48)51-53(45-14-7-5-8-15-45)61-55(57-51)47-29-26-41(27-30-47)24-21-39-19-22-40(23-20-39)25-28-42-13-11-12-18-50(42)56-58-52(44-33-37-49(38-34-44)60(3)4)54(62-56)46-16-9-6-10-17-46/h5-38H,1-4H3/b24-21?,28-25+. The van der Waals surface area contributed by atoms with Gasteiger partial charge in [-0.1, -0.05) is 164 Å². The van der Waals surface area contributed by atoms with Crippen molar-refractivity contribution < 1.29 is 8.83 Å². The lowest BCUT2D eigenvalue weighted by Crippen LogP contribution is -2.07. The highest BCUT2D eigenvalue weighted by Crippen LogP contribution is 2.39. The molecule has 6 heteroatoms. The molecule has 0 aliphatic carbocycles.